The van der Waals surface area contributed by atoms with E-state index < -0.39 is 18.3 Å². The third kappa shape index (κ3) is 4.20. The van der Waals surface area contributed by atoms with Gasteiger partial charge < -0.3 is 19.7 Å². The van der Waals surface area contributed by atoms with E-state index in [0.29, 0.717) is 30.4 Å². The number of nitrogens with one attached hydrogen (secondary N) is 1. The van der Waals surface area contributed by atoms with Crippen molar-refractivity contribution < 1.29 is 13.6 Å². The number of anilines is 2. The number of amides is 1. The van der Waals surface area contributed by atoms with Crippen LogP contribution < -0.4 is 10.2 Å². The summed E-state index contributed by atoms with van der Waals surface area (Å²) in [5.41, 5.74) is 0.368. The summed E-state index contributed by atoms with van der Waals surface area (Å²) < 4.78 is 29.7. The largest absolute Gasteiger partial charge is 0.356 e. The summed E-state index contributed by atoms with van der Waals surface area (Å²) in [7, 11) is 0. The zero-order chi connectivity index (χ0) is 22.1. The van der Waals surface area contributed by atoms with E-state index >= 15 is 0 Å². The molecule has 0 radical (unpaired) electrons. The molecule has 1 N–H and O–H groups in total. The Morgan fingerprint density at radius 2 is 1.84 bits per heavy atom. The number of fused-ring (bicyclic) bond motifs is 1. The van der Waals surface area contributed by atoms with Gasteiger partial charge >= 0.3 is 0 Å². The van der Waals surface area contributed by atoms with Crippen LogP contribution in [0.4, 0.5) is 20.4 Å². The number of nitrogens with zero attached hydrogens (tertiary/aromatic N) is 6. The highest BCUT2D eigenvalue weighted by Gasteiger charge is 2.37. The molecule has 0 aliphatic carbocycles. The Kier molecular flexibility index (Phi) is 6.03. The quantitative estimate of drug-likeness (QED) is 0.737. The fraction of sp³-hybridized carbons (Fsp3) is 0.636. The van der Waals surface area contributed by atoms with Gasteiger partial charge in [-0.3, -0.25) is 4.79 Å². The second-order valence-electron chi connectivity index (χ2n) is 8.94. The minimum Gasteiger partial charge on any atom is -0.356 e. The lowest BCUT2D eigenvalue weighted by Crippen LogP contribution is -2.37. The Hall–Kier alpha value is -2.62. The molecule has 1 atom stereocenters. The van der Waals surface area contributed by atoms with E-state index in [0.717, 1.165) is 31.8 Å². The molecule has 0 aromatic carbocycles. The van der Waals surface area contributed by atoms with Crippen molar-refractivity contribution in [3.8, 4) is 0 Å². The average molecular weight is 446 g/mol. The third-order valence-electron chi connectivity index (χ3n) is 6.96. The van der Waals surface area contributed by atoms with Gasteiger partial charge in [-0.1, -0.05) is 0 Å². The first-order chi connectivity index (χ1) is 15.6. The Bertz CT molecular complexity index is 952. The topological polar surface area (TPSA) is 79.2 Å². The molecule has 0 spiro atoms. The van der Waals surface area contributed by atoms with Gasteiger partial charge in [0.1, 0.15) is 23.8 Å². The van der Waals surface area contributed by atoms with Crippen LogP contribution in [0.1, 0.15) is 55.3 Å². The molecule has 0 unspecified atom stereocenters. The molecule has 3 aliphatic heterocycles. The number of likely N-dealkylation sites (tertiary alicyclic amines) is 1. The van der Waals surface area contributed by atoms with E-state index in [1.165, 1.54) is 32.3 Å². The standard InChI is InChI=1S/C22H29F2N7O/c23-19(24)16-13-17(32)28-20-18(16)22(27-14-26-20)30-8-3-15(4-9-30)21-25-5-10-31(21)12-11-29-6-1-2-7-29/h5,10,14-16,19H,1-4,6-9,11-13H2,(H,26,27,28,32)/t16-/m1/s1. The van der Waals surface area contributed by atoms with Gasteiger partial charge in [-0.05, 0) is 38.8 Å². The summed E-state index contributed by atoms with van der Waals surface area (Å²) in [6.45, 7) is 5.78. The van der Waals surface area contributed by atoms with Gasteiger partial charge in [-0.25, -0.2) is 23.7 Å². The molecule has 2 saturated heterocycles. The zero-order valence-corrected chi connectivity index (χ0v) is 18.1. The van der Waals surface area contributed by atoms with E-state index in [-0.39, 0.29) is 12.2 Å². The maximum absolute atomic E-state index is 13.7. The van der Waals surface area contributed by atoms with Crippen LogP contribution >= 0.6 is 0 Å². The number of imidazole rings is 1. The smallest absolute Gasteiger partial charge is 0.246 e. The third-order valence-corrected chi connectivity index (χ3v) is 6.96. The first kappa shape index (κ1) is 21.2. The summed E-state index contributed by atoms with van der Waals surface area (Å²) >= 11 is 0. The van der Waals surface area contributed by atoms with Gasteiger partial charge in [0.05, 0.1) is 5.92 Å². The first-order valence-corrected chi connectivity index (χ1v) is 11.5. The first-order valence-electron chi connectivity index (χ1n) is 11.5. The Morgan fingerprint density at radius 3 is 2.59 bits per heavy atom. The average Bonchev–Trinajstić information content (AvgIpc) is 3.48. The molecule has 172 valence electrons. The number of alkyl halides is 2. The van der Waals surface area contributed by atoms with E-state index in [1.54, 1.807) is 0 Å². The molecule has 0 saturated carbocycles. The van der Waals surface area contributed by atoms with E-state index in [9.17, 15) is 13.6 Å². The van der Waals surface area contributed by atoms with Gasteiger partial charge in [0.2, 0.25) is 12.3 Å². The molecule has 0 bridgehead atoms. The molecule has 8 nitrogen and oxygen atoms in total. The van der Waals surface area contributed by atoms with Crippen LogP contribution in [-0.4, -0.2) is 69.5 Å². The zero-order valence-electron chi connectivity index (χ0n) is 18.1. The summed E-state index contributed by atoms with van der Waals surface area (Å²) in [4.78, 5) is 29.5. The van der Waals surface area contributed by atoms with Crippen molar-refractivity contribution in [1.29, 1.82) is 0 Å². The highest BCUT2D eigenvalue weighted by atomic mass is 19.3. The van der Waals surface area contributed by atoms with Crippen LogP contribution in [0.25, 0.3) is 0 Å². The molecular formula is C22H29F2N7O. The predicted molar refractivity (Wildman–Crippen MR) is 116 cm³/mol. The van der Waals surface area contributed by atoms with Crippen molar-refractivity contribution in [2.75, 3.05) is 42.9 Å². The monoisotopic (exact) mass is 445 g/mol. The molecule has 1 amide bonds. The number of aromatic nitrogens is 4. The van der Waals surface area contributed by atoms with Gasteiger partial charge in [0, 0.05) is 56.5 Å². The highest BCUT2D eigenvalue weighted by Crippen LogP contribution is 2.41. The lowest BCUT2D eigenvalue weighted by atomic mass is 9.91. The number of halogens is 2. The minimum absolute atomic E-state index is 0.219. The van der Waals surface area contributed by atoms with E-state index in [2.05, 4.69) is 40.8 Å². The van der Waals surface area contributed by atoms with Gasteiger partial charge in [-0.2, -0.15) is 0 Å². The molecule has 32 heavy (non-hydrogen) atoms. The summed E-state index contributed by atoms with van der Waals surface area (Å²) in [6, 6.07) is 0. The second-order valence-corrected chi connectivity index (χ2v) is 8.94. The number of carbonyl (C=O) groups excluding carboxylic acids is 1. The molecule has 5 rings (SSSR count). The number of hydrogen-bond donors (Lipinski definition) is 1. The van der Waals surface area contributed by atoms with Crippen LogP contribution in [0, 0.1) is 0 Å². The number of piperidine rings is 1. The fourth-order valence-corrected chi connectivity index (χ4v) is 5.25. The van der Waals surface area contributed by atoms with Gasteiger partial charge in [-0.15, -0.1) is 0 Å². The fourth-order valence-electron chi connectivity index (χ4n) is 5.25. The molecule has 10 heteroatoms. The summed E-state index contributed by atoms with van der Waals surface area (Å²) in [6.07, 6.45) is 6.75. The molecule has 3 aliphatic rings. The molecule has 2 fully saturated rings. The van der Waals surface area contributed by atoms with E-state index in [1.807, 2.05) is 6.20 Å². The molecule has 2 aromatic rings. The van der Waals surface area contributed by atoms with Crippen molar-refractivity contribution in [2.45, 2.75) is 56.9 Å². The van der Waals surface area contributed by atoms with Crippen molar-refractivity contribution in [1.82, 2.24) is 24.4 Å². The maximum Gasteiger partial charge on any atom is 0.246 e. The lowest BCUT2D eigenvalue weighted by molar-refractivity contribution is -0.117. The lowest BCUT2D eigenvalue weighted by Gasteiger charge is -2.36. The van der Waals surface area contributed by atoms with Crippen LogP contribution in [0.15, 0.2) is 18.7 Å². The highest BCUT2D eigenvalue weighted by molar-refractivity contribution is 5.94. The van der Waals surface area contributed by atoms with Gasteiger partial charge in [0.25, 0.3) is 0 Å². The Morgan fingerprint density at radius 1 is 1.06 bits per heavy atom. The van der Waals surface area contributed by atoms with Crippen molar-refractivity contribution in [3.63, 3.8) is 0 Å². The Balaban J connectivity index is 1.28. The van der Waals surface area contributed by atoms with Crippen molar-refractivity contribution >= 4 is 17.5 Å². The molecule has 2 aromatic heterocycles. The number of rotatable bonds is 6. The summed E-state index contributed by atoms with van der Waals surface area (Å²) in [5, 5.41) is 2.63. The predicted octanol–water partition coefficient (Wildman–Crippen LogP) is 2.84. The minimum atomic E-state index is -2.63. The second kappa shape index (κ2) is 9.09. The van der Waals surface area contributed by atoms with Crippen LogP contribution in [0.5, 0.6) is 0 Å². The van der Waals surface area contributed by atoms with Crippen molar-refractivity contribution in [3.05, 3.63) is 30.1 Å². The molecule has 5 heterocycles. The van der Waals surface area contributed by atoms with Gasteiger partial charge in [0.15, 0.2) is 0 Å². The van der Waals surface area contributed by atoms with E-state index in [4.69, 9.17) is 0 Å². The maximum atomic E-state index is 13.7. The Labute approximate surface area is 186 Å². The normalized spacial score (nSPS) is 22.4. The number of hydrogen-bond acceptors (Lipinski definition) is 6. The van der Waals surface area contributed by atoms with Crippen LogP contribution in [-0.2, 0) is 11.3 Å². The SMILES string of the molecule is O=C1C[C@@H](C(F)F)c2c(ncnc2N2CCC(c3nccn3CCN3CCCC3)CC2)N1. The number of carbonyl (C=O) groups is 1. The van der Waals surface area contributed by atoms with Crippen LogP contribution in [0.2, 0.25) is 0 Å². The van der Waals surface area contributed by atoms with Crippen molar-refractivity contribution in [2.24, 2.45) is 0 Å². The van der Waals surface area contributed by atoms with Crippen LogP contribution in [0.3, 0.4) is 0 Å². The summed E-state index contributed by atoms with van der Waals surface area (Å²) in [5.74, 6) is 0.603. The molecular weight excluding hydrogens is 416 g/mol.